The van der Waals surface area contributed by atoms with E-state index in [0.717, 1.165) is 4.47 Å². The van der Waals surface area contributed by atoms with Gasteiger partial charge in [-0.1, -0.05) is 27.5 Å². The van der Waals surface area contributed by atoms with Gasteiger partial charge >= 0.3 is 0 Å². The van der Waals surface area contributed by atoms with Gasteiger partial charge in [0.2, 0.25) is 11.9 Å². The second-order valence-electron chi connectivity index (χ2n) is 5.98. The van der Waals surface area contributed by atoms with Crippen molar-refractivity contribution in [3.05, 3.63) is 51.7 Å². The Bertz CT molecular complexity index is 803. The van der Waals surface area contributed by atoms with E-state index in [0.29, 0.717) is 17.0 Å². The van der Waals surface area contributed by atoms with Crippen LogP contribution in [-0.2, 0) is 4.79 Å². The molecular formula is C17H15BrClFN4O2. The molecule has 1 aromatic carbocycles. The van der Waals surface area contributed by atoms with Crippen molar-refractivity contribution in [3.8, 4) is 0 Å². The summed E-state index contributed by atoms with van der Waals surface area (Å²) in [7, 11) is 0. The summed E-state index contributed by atoms with van der Waals surface area (Å²) in [6.07, 6.45) is 2.20. The first kappa shape index (κ1) is 18.7. The number of alkyl halides is 1. The van der Waals surface area contributed by atoms with Crippen molar-refractivity contribution in [1.82, 2.24) is 14.9 Å². The number of halogens is 3. The molecule has 1 aliphatic rings. The van der Waals surface area contributed by atoms with Crippen LogP contribution in [0.1, 0.15) is 16.8 Å². The van der Waals surface area contributed by atoms with E-state index in [4.69, 9.17) is 11.6 Å². The van der Waals surface area contributed by atoms with Gasteiger partial charge in [-0.15, -0.1) is 0 Å². The highest BCUT2D eigenvalue weighted by atomic mass is 79.9. The molecule has 1 saturated carbocycles. The van der Waals surface area contributed by atoms with Gasteiger partial charge in [-0.2, -0.15) is 0 Å². The van der Waals surface area contributed by atoms with Crippen LogP contribution in [0.15, 0.2) is 41.1 Å². The Labute approximate surface area is 162 Å². The van der Waals surface area contributed by atoms with Crippen LogP contribution < -0.4 is 5.32 Å². The Morgan fingerprint density at radius 2 is 1.88 bits per heavy atom. The highest BCUT2D eigenvalue weighted by Gasteiger charge is 2.40. The summed E-state index contributed by atoms with van der Waals surface area (Å²) in [6.45, 7) is -0.0327. The summed E-state index contributed by atoms with van der Waals surface area (Å²) in [6, 6.07) is 6.78. The van der Waals surface area contributed by atoms with E-state index >= 15 is 0 Å². The number of amides is 2. The quantitative estimate of drug-likeness (QED) is 0.746. The van der Waals surface area contributed by atoms with Crippen molar-refractivity contribution >= 4 is 45.3 Å². The summed E-state index contributed by atoms with van der Waals surface area (Å²) in [5.41, 5.74) is 0.430. The Morgan fingerprint density at radius 1 is 1.27 bits per heavy atom. The van der Waals surface area contributed by atoms with Gasteiger partial charge in [0, 0.05) is 22.5 Å². The summed E-state index contributed by atoms with van der Waals surface area (Å²) in [5, 5.41) is 2.85. The van der Waals surface area contributed by atoms with Gasteiger partial charge in [-0.3, -0.25) is 14.9 Å². The normalized spacial score (nSPS) is 18.3. The lowest BCUT2D eigenvalue weighted by Crippen LogP contribution is -2.39. The summed E-state index contributed by atoms with van der Waals surface area (Å²) in [5.74, 6) is -0.933. The highest BCUT2D eigenvalue weighted by Crippen LogP contribution is 2.34. The van der Waals surface area contributed by atoms with E-state index in [1.165, 1.54) is 17.3 Å². The molecule has 26 heavy (non-hydrogen) atoms. The largest absolute Gasteiger partial charge is 0.329 e. The first-order chi connectivity index (χ1) is 12.4. The molecule has 0 spiro atoms. The number of hydrogen-bond acceptors (Lipinski definition) is 4. The Morgan fingerprint density at radius 3 is 2.46 bits per heavy atom. The molecule has 2 amide bonds. The molecular weight excluding hydrogens is 427 g/mol. The molecule has 2 atom stereocenters. The maximum atomic E-state index is 13.3. The lowest BCUT2D eigenvalue weighted by molar-refractivity contribution is -0.117. The minimum atomic E-state index is -0.919. The lowest BCUT2D eigenvalue weighted by Gasteiger charge is -2.22. The SMILES string of the molecule is O=C(CN(C[C@@H]1C[C@@H]1F)C(=O)c1ccc(Br)cc1)Nc1ncc(Cl)cn1. The van der Waals surface area contributed by atoms with Crippen LogP contribution in [0.25, 0.3) is 0 Å². The van der Waals surface area contributed by atoms with E-state index in [1.54, 1.807) is 24.3 Å². The molecule has 1 aromatic heterocycles. The van der Waals surface area contributed by atoms with Crippen molar-refractivity contribution in [2.75, 3.05) is 18.4 Å². The molecule has 1 fully saturated rings. The van der Waals surface area contributed by atoms with Crippen molar-refractivity contribution in [1.29, 1.82) is 0 Å². The Hall–Kier alpha value is -2.06. The standard InChI is InChI=1S/C17H15BrClFN4O2/c18-12-3-1-10(2-4-12)16(26)24(8-11-5-14(11)20)9-15(25)23-17-21-6-13(19)7-22-17/h1-4,6-7,11,14H,5,8-9H2,(H,21,22,23,25)/t11-,14-/m0/s1. The summed E-state index contributed by atoms with van der Waals surface area (Å²) in [4.78, 5) is 34.1. The number of hydrogen-bond donors (Lipinski definition) is 1. The van der Waals surface area contributed by atoms with Crippen LogP contribution in [-0.4, -0.2) is 45.9 Å². The molecule has 0 radical (unpaired) electrons. The minimum Gasteiger partial charge on any atom is -0.329 e. The van der Waals surface area contributed by atoms with Crippen LogP contribution in [0.5, 0.6) is 0 Å². The number of carbonyl (C=O) groups excluding carboxylic acids is 2. The summed E-state index contributed by atoms with van der Waals surface area (Å²) >= 11 is 9.01. The van der Waals surface area contributed by atoms with Crippen LogP contribution in [0, 0.1) is 5.92 Å². The molecule has 3 rings (SSSR count). The number of benzene rings is 1. The molecule has 1 N–H and O–H groups in total. The second-order valence-corrected chi connectivity index (χ2v) is 7.33. The molecule has 136 valence electrons. The van der Waals surface area contributed by atoms with Crippen LogP contribution >= 0.6 is 27.5 Å². The fourth-order valence-electron chi connectivity index (χ4n) is 2.39. The predicted octanol–water partition coefficient (Wildman–Crippen LogP) is 3.33. The van der Waals surface area contributed by atoms with Gasteiger partial charge < -0.3 is 4.90 Å². The number of anilines is 1. The maximum absolute atomic E-state index is 13.3. The first-order valence-corrected chi connectivity index (χ1v) is 9.06. The van der Waals surface area contributed by atoms with Crippen LogP contribution in [0.4, 0.5) is 10.3 Å². The van der Waals surface area contributed by atoms with Crippen molar-refractivity contribution in [2.45, 2.75) is 12.6 Å². The van der Waals surface area contributed by atoms with E-state index in [-0.39, 0.29) is 30.9 Å². The lowest BCUT2D eigenvalue weighted by atomic mass is 10.2. The Balaban J connectivity index is 1.68. The third-order valence-electron chi connectivity index (χ3n) is 3.88. The molecule has 0 aliphatic heterocycles. The molecule has 0 saturated heterocycles. The zero-order valence-electron chi connectivity index (χ0n) is 13.5. The summed E-state index contributed by atoms with van der Waals surface area (Å²) < 4.78 is 14.1. The third kappa shape index (κ3) is 4.98. The van der Waals surface area contributed by atoms with E-state index in [2.05, 4.69) is 31.2 Å². The molecule has 1 aliphatic carbocycles. The smallest absolute Gasteiger partial charge is 0.254 e. The van der Waals surface area contributed by atoms with Gasteiger partial charge in [-0.25, -0.2) is 14.4 Å². The predicted molar refractivity (Wildman–Crippen MR) is 98.7 cm³/mol. The van der Waals surface area contributed by atoms with Gasteiger partial charge in [0.05, 0.1) is 17.4 Å². The van der Waals surface area contributed by atoms with Crippen LogP contribution in [0.2, 0.25) is 5.02 Å². The number of rotatable bonds is 6. The molecule has 0 unspecified atom stereocenters. The average Bonchev–Trinajstić information content (AvgIpc) is 3.31. The zero-order valence-corrected chi connectivity index (χ0v) is 15.9. The average molecular weight is 442 g/mol. The third-order valence-corrected chi connectivity index (χ3v) is 4.60. The van der Waals surface area contributed by atoms with E-state index in [1.807, 2.05) is 0 Å². The van der Waals surface area contributed by atoms with E-state index in [9.17, 15) is 14.0 Å². The number of nitrogens with zero attached hydrogens (tertiary/aromatic N) is 3. The maximum Gasteiger partial charge on any atom is 0.254 e. The molecule has 9 heteroatoms. The van der Waals surface area contributed by atoms with Gasteiger partial charge in [0.1, 0.15) is 12.7 Å². The topological polar surface area (TPSA) is 75.2 Å². The fraction of sp³-hybridized carbons (Fsp3) is 0.294. The van der Waals surface area contributed by atoms with Gasteiger partial charge in [0.15, 0.2) is 0 Å². The molecule has 2 aromatic rings. The van der Waals surface area contributed by atoms with Crippen LogP contribution in [0.3, 0.4) is 0 Å². The van der Waals surface area contributed by atoms with Gasteiger partial charge in [0.25, 0.3) is 5.91 Å². The number of nitrogens with one attached hydrogen (secondary N) is 1. The highest BCUT2D eigenvalue weighted by molar-refractivity contribution is 9.10. The van der Waals surface area contributed by atoms with Crippen molar-refractivity contribution in [3.63, 3.8) is 0 Å². The van der Waals surface area contributed by atoms with Gasteiger partial charge in [-0.05, 0) is 30.7 Å². The second kappa shape index (κ2) is 8.09. The first-order valence-electron chi connectivity index (χ1n) is 7.88. The molecule has 6 nitrogen and oxygen atoms in total. The number of aromatic nitrogens is 2. The molecule has 0 bridgehead atoms. The van der Waals surface area contributed by atoms with Crippen molar-refractivity contribution in [2.24, 2.45) is 5.92 Å². The zero-order chi connectivity index (χ0) is 18.7. The monoisotopic (exact) mass is 440 g/mol. The Kier molecular flexibility index (Phi) is 5.83. The fourth-order valence-corrected chi connectivity index (χ4v) is 2.75. The minimum absolute atomic E-state index is 0.0882. The van der Waals surface area contributed by atoms with E-state index < -0.39 is 12.1 Å². The number of carbonyl (C=O) groups is 2. The van der Waals surface area contributed by atoms with Crippen molar-refractivity contribution < 1.29 is 14.0 Å². The molecule has 1 heterocycles.